The van der Waals surface area contributed by atoms with E-state index in [0.29, 0.717) is 28.8 Å². The zero-order valence-corrected chi connectivity index (χ0v) is 12.5. The summed E-state index contributed by atoms with van der Waals surface area (Å²) >= 11 is 0. The molecule has 0 atom stereocenters. The third kappa shape index (κ3) is 2.08. The summed E-state index contributed by atoms with van der Waals surface area (Å²) in [6, 6.07) is 8.89. The van der Waals surface area contributed by atoms with Crippen molar-refractivity contribution in [2.75, 3.05) is 6.54 Å². The molecule has 0 aliphatic carbocycles. The smallest absolute Gasteiger partial charge is 0.261 e. The van der Waals surface area contributed by atoms with E-state index >= 15 is 0 Å². The van der Waals surface area contributed by atoms with Crippen LogP contribution in [0.3, 0.4) is 0 Å². The van der Waals surface area contributed by atoms with Crippen LogP contribution >= 0.6 is 0 Å². The maximum atomic E-state index is 12.6. The van der Waals surface area contributed by atoms with E-state index in [1.165, 1.54) is 11.2 Å². The maximum absolute atomic E-state index is 12.6. The molecule has 2 aromatic carbocycles. The molecule has 0 saturated heterocycles. The van der Waals surface area contributed by atoms with Crippen molar-refractivity contribution in [1.29, 1.82) is 0 Å². The van der Waals surface area contributed by atoms with Gasteiger partial charge in [0, 0.05) is 28.4 Å². The van der Waals surface area contributed by atoms with Crippen LogP contribution in [0, 0.1) is 0 Å². The number of rotatable bonds is 5. The number of ether oxygens (including phenoxy) is 1. The van der Waals surface area contributed by atoms with Gasteiger partial charge in [-0.2, -0.15) is 0 Å². The van der Waals surface area contributed by atoms with Gasteiger partial charge in [0.05, 0.1) is 6.26 Å². The van der Waals surface area contributed by atoms with E-state index in [1.54, 1.807) is 18.2 Å². The van der Waals surface area contributed by atoms with Crippen LogP contribution in [-0.4, -0.2) is 23.3 Å². The second-order valence-electron chi connectivity index (χ2n) is 5.24. The third-order valence-corrected chi connectivity index (χ3v) is 3.90. The number of carbonyl (C=O) groups is 2. The fourth-order valence-corrected chi connectivity index (χ4v) is 2.83. The van der Waals surface area contributed by atoms with E-state index in [9.17, 15) is 9.59 Å². The SMILES string of the molecule is C=COc1ccc2c3c(cccc13)C(=O)N(CCCC)C2=O. The van der Waals surface area contributed by atoms with Crippen LogP contribution < -0.4 is 4.74 Å². The van der Waals surface area contributed by atoms with Gasteiger partial charge in [0.1, 0.15) is 5.75 Å². The molecule has 112 valence electrons. The van der Waals surface area contributed by atoms with Crippen molar-refractivity contribution >= 4 is 22.6 Å². The van der Waals surface area contributed by atoms with Crippen molar-refractivity contribution in [2.45, 2.75) is 19.8 Å². The zero-order chi connectivity index (χ0) is 15.7. The Kier molecular flexibility index (Phi) is 3.67. The molecule has 2 amide bonds. The van der Waals surface area contributed by atoms with E-state index in [0.717, 1.165) is 18.2 Å². The highest BCUT2D eigenvalue weighted by molar-refractivity contribution is 6.26. The van der Waals surface area contributed by atoms with Crippen LogP contribution in [0.4, 0.5) is 0 Å². The van der Waals surface area contributed by atoms with Crippen LogP contribution in [0.1, 0.15) is 40.5 Å². The molecule has 4 nitrogen and oxygen atoms in total. The largest absolute Gasteiger partial charge is 0.465 e. The van der Waals surface area contributed by atoms with E-state index in [2.05, 4.69) is 6.58 Å². The topological polar surface area (TPSA) is 46.6 Å². The lowest BCUT2D eigenvalue weighted by Crippen LogP contribution is -2.40. The molecular formula is C18H17NO3. The molecule has 0 spiro atoms. The average molecular weight is 295 g/mol. The first-order valence-electron chi connectivity index (χ1n) is 7.38. The maximum Gasteiger partial charge on any atom is 0.261 e. The van der Waals surface area contributed by atoms with Crippen molar-refractivity contribution in [3.63, 3.8) is 0 Å². The summed E-state index contributed by atoms with van der Waals surface area (Å²) in [6.07, 6.45) is 3.07. The molecule has 22 heavy (non-hydrogen) atoms. The Balaban J connectivity index is 2.21. The van der Waals surface area contributed by atoms with Gasteiger partial charge in [0.15, 0.2) is 0 Å². The van der Waals surface area contributed by atoms with Crippen LogP contribution in [0.15, 0.2) is 43.2 Å². The van der Waals surface area contributed by atoms with Crippen molar-refractivity contribution < 1.29 is 14.3 Å². The summed E-state index contributed by atoms with van der Waals surface area (Å²) in [5.74, 6) is 0.137. The Morgan fingerprint density at radius 1 is 1.14 bits per heavy atom. The number of hydrogen-bond acceptors (Lipinski definition) is 3. The summed E-state index contributed by atoms with van der Waals surface area (Å²) < 4.78 is 5.39. The molecule has 1 aliphatic rings. The summed E-state index contributed by atoms with van der Waals surface area (Å²) in [5, 5.41) is 1.43. The third-order valence-electron chi connectivity index (χ3n) is 3.90. The number of amides is 2. The highest BCUT2D eigenvalue weighted by Crippen LogP contribution is 2.35. The average Bonchev–Trinajstić information content (AvgIpc) is 2.53. The fraction of sp³-hybridized carbons (Fsp3) is 0.222. The minimum absolute atomic E-state index is 0.229. The van der Waals surface area contributed by atoms with Crippen LogP contribution in [0.5, 0.6) is 5.75 Å². The Hall–Kier alpha value is -2.62. The standard InChI is InChI=1S/C18H17NO3/c1-3-5-11-19-17(20)13-8-6-7-12-15(22-4-2)10-9-14(16(12)13)18(19)21/h4,6-10H,2-3,5,11H2,1H3. The molecule has 4 heteroatoms. The second kappa shape index (κ2) is 5.64. The molecule has 0 bridgehead atoms. The molecule has 0 unspecified atom stereocenters. The minimum Gasteiger partial charge on any atom is -0.465 e. The van der Waals surface area contributed by atoms with Gasteiger partial charge >= 0.3 is 0 Å². The van der Waals surface area contributed by atoms with Gasteiger partial charge in [-0.3, -0.25) is 14.5 Å². The van der Waals surface area contributed by atoms with Crippen LogP contribution in [0.25, 0.3) is 10.8 Å². The van der Waals surface area contributed by atoms with Gasteiger partial charge in [0.2, 0.25) is 0 Å². The molecule has 0 N–H and O–H groups in total. The lowest BCUT2D eigenvalue weighted by molar-refractivity contribution is 0.0608. The first-order valence-corrected chi connectivity index (χ1v) is 7.38. The Morgan fingerprint density at radius 2 is 1.86 bits per heavy atom. The Morgan fingerprint density at radius 3 is 2.55 bits per heavy atom. The Bertz CT molecular complexity index is 757. The normalized spacial score (nSPS) is 13.6. The first-order chi connectivity index (χ1) is 10.7. The van der Waals surface area contributed by atoms with Crippen molar-refractivity contribution in [3.05, 3.63) is 54.3 Å². The molecule has 1 aliphatic heterocycles. The van der Waals surface area contributed by atoms with Gasteiger partial charge < -0.3 is 4.74 Å². The first kappa shape index (κ1) is 14.3. The van der Waals surface area contributed by atoms with Gasteiger partial charge in [-0.1, -0.05) is 32.1 Å². The number of benzene rings is 2. The van der Waals surface area contributed by atoms with Crippen LogP contribution in [-0.2, 0) is 0 Å². The summed E-state index contributed by atoms with van der Waals surface area (Å²) in [7, 11) is 0. The lowest BCUT2D eigenvalue weighted by Gasteiger charge is -2.27. The molecule has 0 saturated carbocycles. The van der Waals surface area contributed by atoms with Crippen molar-refractivity contribution in [3.8, 4) is 5.75 Å². The predicted octanol–water partition coefficient (Wildman–Crippen LogP) is 3.76. The molecule has 0 fully saturated rings. The number of imide groups is 1. The van der Waals surface area contributed by atoms with E-state index < -0.39 is 0 Å². The monoisotopic (exact) mass is 295 g/mol. The number of hydrogen-bond donors (Lipinski definition) is 0. The Labute approximate surface area is 129 Å². The van der Waals surface area contributed by atoms with Gasteiger partial charge in [-0.25, -0.2) is 0 Å². The fourth-order valence-electron chi connectivity index (χ4n) is 2.83. The minimum atomic E-state index is -0.229. The number of carbonyl (C=O) groups excluding carboxylic acids is 2. The molecule has 0 aromatic heterocycles. The lowest BCUT2D eigenvalue weighted by atomic mass is 9.93. The van der Waals surface area contributed by atoms with E-state index in [1.807, 2.05) is 19.1 Å². The highest BCUT2D eigenvalue weighted by atomic mass is 16.5. The van der Waals surface area contributed by atoms with Crippen molar-refractivity contribution in [2.24, 2.45) is 0 Å². The molecular weight excluding hydrogens is 278 g/mol. The summed E-state index contributed by atoms with van der Waals surface area (Å²) in [6.45, 7) is 6.04. The predicted molar refractivity (Wildman–Crippen MR) is 85.0 cm³/mol. The molecule has 1 heterocycles. The quantitative estimate of drug-likeness (QED) is 0.623. The van der Waals surface area contributed by atoms with Gasteiger partial charge in [-0.05, 0) is 24.6 Å². The van der Waals surface area contributed by atoms with Gasteiger partial charge in [0.25, 0.3) is 11.8 Å². The van der Waals surface area contributed by atoms with E-state index in [-0.39, 0.29) is 11.8 Å². The number of unbranched alkanes of at least 4 members (excludes halogenated alkanes) is 1. The van der Waals surface area contributed by atoms with Gasteiger partial charge in [-0.15, -0.1) is 0 Å². The number of nitrogens with zero attached hydrogens (tertiary/aromatic N) is 1. The summed E-state index contributed by atoms with van der Waals surface area (Å²) in [5.41, 5.74) is 1.11. The second-order valence-corrected chi connectivity index (χ2v) is 5.24. The molecule has 2 aromatic rings. The molecule has 3 rings (SSSR count). The highest BCUT2D eigenvalue weighted by Gasteiger charge is 2.32. The molecule has 0 radical (unpaired) electrons. The van der Waals surface area contributed by atoms with E-state index in [4.69, 9.17) is 4.74 Å². The van der Waals surface area contributed by atoms with Crippen molar-refractivity contribution in [1.82, 2.24) is 4.90 Å². The van der Waals surface area contributed by atoms with Crippen LogP contribution in [0.2, 0.25) is 0 Å². The zero-order valence-electron chi connectivity index (χ0n) is 12.5. The summed E-state index contributed by atoms with van der Waals surface area (Å²) in [4.78, 5) is 26.6.